The first-order valence-electron chi connectivity index (χ1n) is 18.5. The predicted molar refractivity (Wildman–Crippen MR) is 226 cm³/mol. The highest BCUT2D eigenvalue weighted by molar-refractivity contribution is 6.89. The van der Waals surface area contributed by atoms with E-state index in [2.05, 4.69) is 181 Å². The highest BCUT2D eigenvalue weighted by Gasteiger charge is 2.29. The predicted octanol–water partition coefficient (Wildman–Crippen LogP) is 11.5. The minimum Gasteiger partial charge on any atom is -0.505 e. The monoisotopic (exact) mass is 714 g/mol. The van der Waals surface area contributed by atoms with Gasteiger partial charge in [-0.3, -0.25) is 4.98 Å². The van der Waals surface area contributed by atoms with Gasteiger partial charge in [-0.25, -0.2) is 9.97 Å². The van der Waals surface area contributed by atoms with Crippen LogP contribution in [0.2, 0.25) is 19.6 Å². The summed E-state index contributed by atoms with van der Waals surface area (Å²) in [6.45, 7) is 20.0. The van der Waals surface area contributed by atoms with Crippen LogP contribution in [0, 0.1) is 0 Å². The van der Waals surface area contributed by atoms with Gasteiger partial charge < -0.3 is 9.67 Å². The summed E-state index contributed by atoms with van der Waals surface area (Å²) in [4.78, 5) is 15.5. The van der Waals surface area contributed by atoms with E-state index in [-0.39, 0.29) is 16.6 Å². The Morgan fingerprint density at radius 1 is 0.604 bits per heavy atom. The fourth-order valence-corrected chi connectivity index (χ4v) is 8.58. The number of imidazole rings is 1. The Bertz CT molecular complexity index is 2460. The molecule has 6 heteroatoms. The van der Waals surface area contributed by atoms with Gasteiger partial charge in [-0.15, -0.1) is 0 Å². The molecule has 0 atom stereocenters. The summed E-state index contributed by atoms with van der Waals surface area (Å²) in [6.07, 6.45) is 2.11. The van der Waals surface area contributed by atoms with Crippen molar-refractivity contribution in [3.8, 4) is 61.9 Å². The molecule has 0 radical (unpaired) electrons. The van der Waals surface area contributed by atoms with Gasteiger partial charge in [0.05, 0.1) is 24.8 Å². The van der Waals surface area contributed by atoms with Crippen LogP contribution in [0.15, 0.2) is 115 Å². The Labute approximate surface area is 315 Å². The summed E-state index contributed by atoms with van der Waals surface area (Å²) in [6, 6.07) is 38.6. The molecule has 0 aliphatic carbocycles. The molecular weight excluding hydrogens is 665 g/mol. The van der Waals surface area contributed by atoms with Crippen LogP contribution in [0.5, 0.6) is 5.75 Å². The molecule has 0 bridgehead atoms. The molecule has 3 aromatic heterocycles. The number of rotatable bonds is 6. The molecule has 7 rings (SSSR count). The number of para-hydroxylation sites is 1. The van der Waals surface area contributed by atoms with Gasteiger partial charge in [-0.2, -0.15) is 0 Å². The lowest BCUT2D eigenvalue weighted by atomic mass is 9.82. The summed E-state index contributed by atoms with van der Waals surface area (Å²) in [5, 5.41) is 13.1. The number of aromatic hydroxyl groups is 1. The van der Waals surface area contributed by atoms with E-state index in [9.17, 15) is 5.11 Å². The van der Waals surface area contributed by atoms with Gasteiger partial charge >= 0.3 is 0 Å². The first-order valence-corrected chi connectivity index (χ1v) is 22.0. The summed E-state index contributed by atoms with van der Waals surface area (Å²) in [5.41, 5.74) is 12.3. The fourth-order valence-electron chi connectivity index (χ4n) is 7.11. The summed E-state index contributed by atoms with van der Waals surface area (Å²) in [5.74, 6) is 0.818. The summed E-state index contributed by atoms with van der Waals surface area (Å²) < 4.78 is 2.06. The van der Waals surface area contributed by atoms with Crippen molar-refractivity contribution >= 4 is 24.3 Å². The SMILES string of the molecule is Cn1c(-c2nc(C(C)(C)C)cc(C(C)(C)C)c2O)nc2c(-c3cc(-c4ccccc4)cc(-c4cc(-c5ccccc5)c([Si](C)(C)C)cn4)c3)cccc21. The van der Waals surface area contributed by atoms with E-state index >= 15 is 0 Å². The number of benzene rings is 4. The number of nitrogens with zero attached hydrogens (tertiary/aromatic N) is 4. The molecule has 1 N–H and O–H groups in total. The van der Waals surface area contributed by atoms with Crippen molar-refractivity contribution in [1.29, 1.82) is 0 Å². The van der Waals surface area contributed by atoms with Gasteiger partial charge in [0.15, 0.2) is 5.82 Å². The quantitative estimate of drug-likeness (QED) is 0.174. The zero-order valence-electron chi connectivity index (χ0n) is 32.7. The van der Waals surface area contributed by atoms with Gasteiger partial charge in [0.1, 0.15) is 11.4 Å². The Hall–Kier alpha value is -5.33. The number of hydrogen-bond acceptors (Lipinski definition) is 4. The molecule has 0 aliphatic rings. The van der Waals surface area contributed by atoms with Crippen molar-refractivity contribution < 1.29 is 5.11 Å². The topological polar surface area (TPSA) is 63.8 Å². The maximum atomic E-state index is 11.8. The minimum atomic E-state index is -1.70. The Kier molecular flexibility index (Phi) is 9.02. The molecular formula is C47H50N4OSi. The van der Waals surface area contributed by atoms with Crippen LogP contribution in [-0.2, 0) is 17.9 Å². The van der Waals surface area contributed by atoms with E-state index in [1.54, 1.807) is 0 Å². The average molecular weight is 715 g/mol. The third-order valence-electron chi connectivity index (χ3n) is 10.1. The zero-order valence-corrected chi connectivity index (χ0v) is 33.7. The van der Waals surface area contributed by atoms with E-state index < -0.39 is 8.07 Å². The molecule has 53 heavy (non-hydrogen) atoms. The first kappa shape index (κ1) is 36.0. The van der Waals surface area contributed by atoms with Crippen molar-refractivity contribution in [3.63, 3.8) is 0 Å². The van der Waals surface area contributed by atoms with E-state index in [1.807, 2.05) is 7.05 Å². The van der Waals surface area contributed by atoms with E-state index in [0.717, 1.165) is 55.8 Å². The fraction of sp³-hybridized carbons (Fsp3) is 0.255. The smallest absolute Gasteiger partial charge is 0.163 e. The second-order valence-electron chi connectivity index (χ2n) is 17.3. The van der Waals surface area contributed by atoms with Crippen molar-refractivity contribution in [2.24, 2.45) is 7.05 Å². The van der Waals surface area contributed by atoms with E-state index in [1.165, 1.54) is 16.3 Å². The Balaban J connectivity index is 1.46. The standard InChI is InChI=1S/C47H50N4OSi/c1-46(2,3)37-28-41(47(4,5)6)49-43(44(37)52)45-50-42-35(22-17-23-39(42)51(45)7)33-24-32(30-18-13-11-14-19-30)25-34(26-33)38-27-36(31-20-15-12-16-21-31)40(29-48-38)53(8,9)10/h11-29,52H,1-10H3. The van der Waals surface area contributed by atoms with Crippen molar-refractivity contribution in [1.82, 2.24) is 19.5 Å². The van der Waals surface area contributed by atoms with Crippen LogP contribution >= 0.6 is 0 Å². The molecule has 0 aliphatic heterocycles. The van der Waals surface area contributed by atoms with Crippen LogP contribution < -0.4 is 5.19 Å². The van der Waals surface area contributed by atoms with Gasteiger partial charge in [-0.05, 0) is 74.8 Å². The summed E-state index contributed by atoms with van der Waals surface area (Å²) >= 11 is 0. The number of aryl methyl sites for hydroxylation is 1. The third-order valence-corrected chi connectivity index (χ3v) is 12.2. The molecule has 7 aromatic rings. The molecule has 4 aromatic carbocycles. The molecule has 5 nitrogen and oxygen atoms in total. The largest absolute Gasteiger partial charge is 0.505 e. The molecule has 0 saturated heterocycles. The summed E-state index contributed by atoms with van der Waals surface area (Å²) in [7, 11) is 0.309. The highest BCUT2D eigenvalue weighted by atomic mass is 28.3. The molecule has 0 amide bonds. The Morgan fingerprint density at radius 3 is 1.85 bits per heavy atom. The molecule has 0 saturated carbocycles. The second-order valence-corrected chi connectivity index (χ2v) is 22.4. The van der Waals surface area contributed by atoms with Crippen LogP contribution in [0.4, 0.5) is 0 Å². The maximum absolute atomic E-state index is 11.8. The highest BCUT2D eigenvalue weighted by Crippen LogP contribution is 2.42. The number of pyridine rings is 2. The lowest BCUT2D eigenvalue weighted by Crippen LogP contribution is -2.39. The van der Waals surface area contributed by atoms with Crippen LogP contribution in [0.1, 0.15) is 52.8 Å². The lowest BCUT2D eigenvalue weighted by molar-refractivity contribution is 0.441. The van der Waals surface area contributed by atoms with Crippen LogP contribution in [0.25, 0.3) is 67.2 Å². The van der Waals surface area contributed by atoms with Crippen LogP contribution in [-0.4, -0.2) is 32.7 Å². The van der Waals surface area contributed by atoms with Gasteiger partial charge in [0.25, 0.3) is 0 Å². The molecule has 0 fully saturated rings. The lowest BCUT2D eigenvalue weighted by Gasteiger charge is -2.26. The maximum Gasteiger partial charge on any atom is 0.163 e. The van der Waals surface area contributed by atoms with Crippen molar-refractivity contribution in [2.75, 3.05) is 0 Å². The third kappa shape index (κ3) is 6.96. The number of aromatic nitrogens is 4. The van der Waals surface area contributed by atoms with Gasteiger partial charge in [0, 0.05) is 41.0 Å². The average Bonchev–Trinajstić information content (AvgIpc) is 3.46. The normalized spacial score (nSPS) is 12.4. The minimum absolute atomic E-state index is 0.181. The van der Waals surface area contributed by atoms with Crippen molar-refractivity contribution in [3.05, 3.63) is 127 Å². The first-order chi connectivity index (χ1) is 25.0. The van der Waals surface area contributed by atoms with E-state index in [0.29, 0.717) is 11.5 Å². The second kappa shape index (κ2) is 13.3. The van der Waals surface area contributed by atoms with Gasteiger partial charge in [0.2, 0.25) is 0 Å². The van der Waals surface area contributed by atoms with Crippen LogP contribution in [0.3, 0.4) is 0 Å². The zero-order chi connectivity index (χ0) is 37.9. The Morgan fingerprint density at radius 2 is 1.23 bits per heavy atom. The number of hydrogen-bond donors (Lipinski definition) is 1. The molecule has 0 unspecified atom stereocenters. The molecule has 3 heterocycles. The number of fused-ring (bicyclic) bond motifs is 1. The molecule has 268 valence electrons. The van der Waals surface area contributed by atoms with Gasteiger partial charge in [-0.1, -0.05) is 134 Å². The van der Waals surface area contributed by atoms with E-state index in [4.69, 9.17) is 15.0 Å². The van der Waals surface area contributed by atoms with Crippen molar-refractivity contribution in [2.45, 2.75) is 72.0 Å². The molecule has 0 spiro atoms.